The van der Waals surface area contributed by atoms with Gasteiger partial charge >= 0.3 is 0 Å². The molecule has 1 aliphatic heterocycles. The van der Waals surface area contributed by atoms with Crippen molar-refractivity contribution < 1.29 is 14.4 Å². The fraction of sp³-hybridized carbons (Fsp3) is 0.353. The van der Waals surface area contributed by atoms with Crippen LogP contribution in [0.5, 0.6) is 0 Å². The molecular weight excluding hydrogens is 372 g/mol. The number of imide groups is 1. The Bertz CT molecular complexity index is 802. The third-order valence-electron chi connectivity index (χ3n) is 3.75. The largest absolute Gasteiger partial charge is 0.301 e. The number of hydrogen-bond donors (Lipinski definition) is 1. The lowest BCUT2D eigenvalue weighted by Gasteiger charge is -2.13. The maximum atomic E-state index is 12.2. The normalized spacial score (nSPS) is 13.2. The van der Waals surface area contributed by atoms with Gasteiger partial charge < -0.3 is 5.32 Å². The van der Waals surface area contributed by atoms with Gasteiger partial charge in [0.05, 0.1) is 11.1 Å². The minimum atomic E-state index is -0.298. The summed E-state index contributed by atoms with van der Waals surface area (Å²) in [7, 11) is 0. The number of anilines is 1. The Morgan fingerprint density at radius 1 is 1.19 bits per heavy atom. The molecule has 0 atom stereocenters. The first kappa shape index (κ1) is 18.5. The van der Waals surface area contributed by atoms with Gasteiger partial charge in [-0.15, -0.1) is 10.2 Å². The van der Waals surface area contributed by atoms with Gasteiger partial charge in [0.1, 0.15) is 0 Å². The second-order valence-electron chi connectivity index (χ2n) is 5.68. The van der Waals surface area contributed by atoms with Gasteiger partial charge in [0.25, 0.3) is 11.8 Å². The molecular formula is C17H18N4O3S2. The molecule has 1 aliphatic rings. The molecule has 3 amide bonds. The molecule has 1 aromatic heterocycles. The molecule has 0 saturated heterocycles. The SMILES string of the molecule is CCCSc1nnc(NC(=O)CCCN2C(=O)c3ccccc3C2=O)s1. The average Bonchev–Trinajstić information content (AvgIpc) is 3.18. The van der Waals surface area contributed by atoms with Crippen molar-refractivity contribution >= 4 is 46.0 Å². The number of nitrogens with zero attached hydrogens (tertiary/aromatic N) is 3. The molecule has 3 rings (SSSR count). The first-order valence-corrected chi connectivity index (χ1v) is 10.1. The highest BCUT2D eigenvalue weighted by atomic mass is 32.2. The van der Waals surface area contributed by atoms with E-state index in [0.29, 0.717) is 22.7 Å². The van der Waals surface area contributed by atoms with Gasteiger partial charge in [0.2, 0.25) is 11.0 Å². The zero-order valence-corrected chi connectivity index (χ0v) is 15.9. The number of aromatic nitrogens is 2. The molecule has 0 aliphatic carbocycles. The lowest BCUT2D eigenvalue weighted by molar-refractivity contribution is -0.116. The molecule has 136 valence electrons. The predicted molar refractivity (Wildman–Crippen MR) is 101 cm³/mol. The Balaban J connectivity index is 1.46. The van der Waals surface area contributed by atoms with Crippen LogP contribution in [0.25, 0.3) is 0 Å². The number of carbonyl (C=O) groups excluding carboxylic acids is 3. The summed E-state index contributed by atoms with van der Waals surface area (Å²) in [4.78, 5) is 37.7. The van der Waals surface area contributed by atoms with Crippen LogP contribution in [0.3, 0.4) is 0 Å². The number of fused-ring (bicyclic) bond motifs is 1. The maximum Gasteiger partial charge on any atom is 0.261 e. The molecule has 2 aromatic rings. The molecule has 0 fully saturated rings. The fourth-order valence-corrected chi connectivity index (χ4v) is 4.22. The van der Waals surface area contributed by atoms with Crippen LogP contribution < -0.4 is 5.32 Å². The number of carbonyl (C=O) groups is 3. The van der Waals surface area contributed by atoms with E-state index in [4.69, 9.17) is 0 Å². The summed E-state index contributed by atoms with van der Waals surface area (Å²) >= 11 is 2.95. The molecule has 0 unspecified atom stereocenters. The van der Waals surface area contributed by atoms with E-state index in [2.05, 4.69) is 22.4 Å². The molecule has 7 nitrogen and oxygen atoms in total. The number of thioether (sulfide) groups is 1. The fourth-order valence-electron chi connectivity index (χ4n) is 2.53. The van der Waals surface area contributed by atoms with Gasteiger partial charge in [0.15, 0.2) is 4.34 Å². The van der Waals surface area contributed by atoms with Gasteiger partial charge in [-0.1, -0.05) is 42.2 Å². The van der Waals surface area contributed by atoms with E-state index < -0.39 is 0 Å². The Morgan fingerprint density at radius 3 is 2.54 bits per heavy atom. The van der Waals surface area contributed by atoms with Crippen LogP contribution in [0.15, 0.2) is 28.6 Å². The minimum Gasteiger partial charge on any atom is -0.301 e. The van der Waals surface area contributed by atoms with Crippen molar-refractivity contribution in [3.8, 4) is 0 Å². The summed E-state index contributed by atoms with van der Waals surface area (Å²) in [6.07, 6.45) is 1.64. The molecule has 1 N–H and O–H groups in total. The summed E-state index contributed by atoms with van der Waals surface area (Å²) in [5.41, 5.74) is 0.848. The third-order valence-corrected chi connectivity index (χ3v) is 5.92. The Labute approximate surface area is 159 Å². The van der Waals surface area contributed by atoms with Crippen molar-refractivity contribution in [2.24, 2.45) is 0 Å². The standard InChI is InChI=1S/C17H18N4O3S2/c1-2-10-25-17-20-19-16(26-17)18-13(22)8-5-9-21-14(23)11-6-3-4-7-12(11)15(21)24/h3-4,6-7H,2,5,8-10H2,1H3,(H,18,19,22). The van der Waals surface area contributed by atoms with Gasteiger partial charge in [-0.05, 0) is 25.0 Å². The van der Waals surface area contributed by atoms with E-state index in [9.17, 15) is 14.4 Å². The van der Waals surface area contributed by atoms with E-state index in [1.54, 1.807) is 36.0 Å². The van der Waals surface area contributed by atoms with Crippen LogP contribution in [0, 0.1) is 0 Å². The molecule has 2 heterocycles. The Hall–Kier alpha value is -2.26. The number of nitrogens with one attached hydrogen (secondary N) is 1. The monoisotopic (exact) mass is 390 g/mol. The van der Waals surface area contributed by atoms with Crippen LogP contribution in [-0.2, 0) is 4.79 Å². The Kier molecular flexibility index (Phi) is 6.00. The van der Waals surface area contributed by atoms with Crippen LogP contribution in [0.2, 0.25) is 0 Å². The molecule has 0 saturated carbocycles. The van der Waals surface area contributed by atoms with Crippen molar-refractivity contribution in [2.45, 2.75) is 30.5 Å². The number of hydrogen-bond acceptors (Lipinski definition) is 7. The van der Waals surface area contributed by atoms with E-state index in [0.717, 1.165) is 16.5 Å². The van der Waals surface area contributed by atoms with Crippen LogP contribution >= 0.6 is 23.1 Å². The summed E-state index contributed by atoms with van der Waals surface area (Å²) in [6, 6.07) is 6.75. The van der Waals surface area contributed by atoms with E-state index in [-0.39, 0.29) is 30.7 Å². The summed E-state index contributed by atoms with van der Waals surface area (Å²) in [5.74, 6) is 0.160. The lowest BCUT2D eigenvalue weighted by Crippen LogP contribution is -2.31. The van der Waals surface area contributed by atoms with Crippen molar-refractivity contribution in [3.63, 3.8) is 0 Å². The summed E-state index contributed by atoms with van der Waals surface area (Å²) in [5, 5.41) is 11.1. The number of amides is 3. The maximum absolute atomic E-state index is 12.2. The van der Waals surface area contributed by atoms with Crippen molar-refractivity contribution in [3.05, 3.63) is 35.4 Å². The molecule has 0 bridgehead atoms. The molecule has 9 heteroatoms. The van der Waals surface area contributed by atoms with Gasteiger partial charge in [-0.2, -0.15) is 0 Å². The molecule has 1 aromatic carbocycles. The average molecular weight is 390 g/mol. The number of rotatable bonds is 8. The Morgan fingerprint density at radius 2 is 1.88 bits per heavy atom. The lowest BCUT2D eigenvalue weighted by atomic mass is 10.1. The molecule has 26 heavy (non-hydrogen) atoms. The highest BCUT2D eigenvalue weighted by Crippen LogP contribution is 2.26. The van der Waals surface area contributed by atoms with Gasteiger partial charge in [-0.3, -0.25) is 19.3 Å². The zero-order valence-electron chi connectivity index (χ0n) is 14.2. The van der Waals surface area contributed by atoms with Crippen LogP contribution in [0.1, 0.15) is 46.9 Å². The van der Waals surface area contributed by atoms with Gasteiger partial charge in [-0.25, -0.2) is 0 Å². The minimum absolute atomic E-state index is 0.199. The highest BCUT2D eigenvalue weighted by Gasteiger charge is 2.34. The van der Waals surface area contributed by atoms with E-state index in [1.165, 1.54) is 16.2 Å². The summed E-state index contributed by atoms with van der Waals surface area (Å²) in [6.45, 7) is 2.30. The third kappa shape index (κ3) is 4.10. The highest BCUT2D eigenvalue weighted by molar-refractivity contribution is 8.01. The van der Waals surface area contributed by atoms with E-state index in [1.807, 2.05) is 0 Å². The van der Waals surface area contributed by atoms with E-state index >= 15 is 0 Å². The number of benzene rings is 1. The van der Waals surface area contributed by atoms with Gasteiger partial charge in [0, 0.05) is 18.7 Å². The van der Waals surface area contributed by atoms with Crippen molar-refractivity contribution in [2.75, 3.05) is 17.6 Å². The van der Waals surface area contributed by atoms with Crippen LogP contribution in [-0.4, -0.2) is 45.1 Å². The second kappa shape index (κ2) is 8.41. The second-order valence-corrected chi connectivity index (χ2v) is 8.00. The molecule has 0 spiro atoms. The van der Waals surface area contributed by atoms with Crippen molar-refractivity contribution in [1.29, 1.82) is 0 Å². The predicted octanol–water partition coefficient (Wildman–Crippen LogP) is 3.06. The smallest absolute Gasteiger partial charge is 0.261 e. The van der Waals surface area contributed by atoms with Crippen LogP contribution in [0.4, 0.5) is 5.13 Å². The topological polar surface area (TPSA) is 92.3 Å². The quantitative estimate of drug-likeness (QED) is 0.423. The zero-order chi connectivity index (χ0) is 18.5. The van der Waals surface area contributed by atoms with Crippen molar-refractivity contribution in [1.82, 2.24) is 15.1 Å². The first-order chi connectivity index (χ1) is 12.6. The first-order valence-electron chi connectivity index (χ1n) is 8.31. The summed E-state index contributed by atoms with van der Waals surface area (Å²) < 4.78 is 0.827. The molecule has 0 radical (unpaired) electrons.